The lowest BCUT2D eigenvalue weighted by atomic mass is 9.91. The van der Waals surface area contributed by atoms with Gasteiger partial charge in [-0.1, -0.05) is 12.1 Å². The zero-order valence-electron chi connectivity index (χ0n) is 19.5. The quantitative estimate of drug-likeness (QED) is 0.653. The van der Waals surface area contributed by atoms with E-state index in [1.54, 1.807) is 26.4 Å². The van der Waals surface area contributed by atoms with Gasteiger partial charge in [0.15, 0.2) is 11.5 Å². The van der Waals surface area contributed by atoms with Crippen molar-refractivity contribution in [1.82, 2.24) is 10.2 Å². The number of ether oxygens (including phenoxy) is 4. The number of hydrogen-bond donors (Lipinski definition) is 1. The Hall–Kier alpha value is -3.61. The van der Waals surface area contributed by atoms with Gasteiger partial charge < -0.3 is 29.2 Å². The summed E-state index contributed by atoms with van der Waals surface area (Å²) >= 11 is 0. The fourth-order valence-corrected chi connectivity index (χ4v) is 4.41. The van der Waals surface area contributed by atoms with Crippen LogP contribution in [0.4, 0.5) is 0 Å². The molecule has 2 unspecified atom stereocenters. The number of dihydropyridines is 1. The first-order valence-electron chi connectivity index (χ1n) is 11.2. The molecule has 2 aliphatic heterocycles. The van der Waals surface area contributed by atoms with Crippen LogP contribution in [-0.4, -0.2) is 51.0 Å². The molecule has 0 radical (unpaired) electrons. The van der Waals surface area contributed by atoms with Crippen LogP contribution in [0, 0.1) is 0 Å². The largest absolute Gasteiger partial charge is 0.494 e. The van der Waals surface area contributed by atoms with Gasteiger partial charge in [0.05, 0.1) is 33.0 Å². The number of hydrogen-bond acceptors (Lipinski definition) is 6. The van der Waals surface area contributed by atoms with Crippen molar-refractivity contribution in [3.63, 3.8) is 0 Å². The number of methoxy groups -OCH3 is 2. The van der Waals surface area contributed by atoms with Crippen LogP contribution >= 0.6 is 0 Å². The number of nitrogens with one attached hydrogen (secondary N) is 1. The van der Waals surface area contributed by atoms with Gasteiger partial charge >= 0.3 is 0 Å². The van der Waals surface area contributed by atoms with E-state index >= 15 is 0 Å². The fourth-order valence-electron chi connectivity index (χ4n) is 4.41. The van der Waals surface area contributed by atoms with Gasteiger partial charge in [-0.3, -0.25) is 4.79 Å². The van der Waals surface area contributed by atoms with Gasteiger partial charge in [0.2, 0.25) is 0 Å². The van der Waals surface area contributed by atoms with Crippen LogP contribution in [0.2, 0.25) is 0 Å². The van der Waals surface area contributed by atoms with E-state index in [1.807, 2.05) is 55.3 Å². The number of allylic oxidation sites excluding steroid dienone is 2. The highest BCUT2D eigenvalue weighted by molar-refractivity contribution is 5.98. The summed E-state index contributed by atoms with van der Waals surface area (Å²) in [6.45, 7) is 5.36. The molecule has 1 saturated heterocycles. The highest BCUT2D eigenvalue weighted by atomic mass is 16.5. The average Bonchev–Trinajstić information content (AvgIpc) is 3.23. The molecule has 1 fully saturated rings. The summed E-state index contributed by atoms with van der Waals surface area (Å²) in [7, 11) is 3.24. The average molecular weight is 451 g/mol. The second-order valence-electron chi connectivity index (χ2n) is 7.74. The Labute approximate surface area is 194 Å². The Morgan fingerprint density at radius 3 is 2.52 bits per heavy atom. The second-order valence-corrected chi connectivity index (χ2v) is 7.74. The number of rotatable bonds is 8. The standard InChI is InChI=1S/C26H30N2O5/c1-5-32-18-10-11-20(23(15-18)33-6-2)26(29)28-16-21(19-8-7-13-27-25(19)28)17-9-12-22(30-3)24(14-17)31-4/h7-15,21,25,27H,5-6,16H2,1-4H3. The molecule has 2 heterocycles. The molecule has 2 atom stereocenters. The molecule has 174 valence electrons. The number of nitrogens with zero attached hydrogens (tertiary/aromatic N) is 1. The first-order valence-corrected chi connectivity index (χ1v) is 11.2. The summed E-state index contributed by atoms with van der Waals surface area (Å²) in [4.78, 5) is 15.6. The second kappa shape index (κ2) is 9.90. The maximum Gasteiger partial charge on any atom is 0.259 e. The molecule has 1 N–H and O–H groups in total. The summed E-state index contributed by atoms with van der Waals surface area (Å²) in [5.41, 5.74) is 2.71. The molecule has 0 aliphatic carbocycles. The maximum atomic E-state index is 13.7. The van der Waals surface area contributed by atoms with Crippen LogP contribution in [-0.2, 0) is 0 Å². The van der Waals surface area contributed by atoms with E-state index in [1.165, 1.54) is 0 Å². The summed E-state index contributed by atoms with van der Waals surface area (Å²) in [5, 5.41) is 3.35. The molecule has 2 aromatic carbocycles. The Kier molecular flexibility index (Phi) is 6.77. The summed E-state index contributed by atoms with van der Waals surface area (Å²) in [6.07, 6.45) is 5.68. The molecule has 2 aliphatic rings. The first kappa shape index (κ1) is 22.6. The van der Waals surface area contributed by atoms with Crippen molar-refractivity contribution >= 4 is 5.91 Å². The number of amides is 1. The number of carbonyl (C=O) groups is 1. The van der Waals surface area contributed by atoms with Crippen LogP contribution in [0.15, 0.2) is 60.3 Å². The predicted octanol–water partition coefficient (Wildman–Crippen LogP) is 4.11. The predicted molar refractivity (Wildman–Crippen MR) is 126 cm³/mol. The molecule has 0 spiro atoms. The van der Waals surface area contributed by atoms with Crippen molar-refractivity contribution in [2.75, 3.05) is 34.0 Å². The highest BCUT2D eigenvalue weighted by Gasteiger charge is 2.41. The molecule has 4 rings (SSSR count). The normalized spacial score (nSPS) is 18.8. The van der Waals surface area contributed by atoms with E-state index in [-0.39, 0.29) is 18.0 Å². The van der Waals surface area contributed by atoms with Crippen molar-refractivity contribution in [1.29, 1.82) is 0 Å². The summed E-state index contributed by atoms with van der Waals surface area (Å²) < 4.78 is 22.3. The Morgan fingerprint density at radius 2 is 1.79 bits per heavy atom. The molecular formula is C26H30N2O5. The SMILES string of the molecule is CCOc1ccc(C(=O)N2CC(c3ccc(OC)c(OC)c3)C3=CC=CNC32)c(OCC)c1. The van der Waals surface area contributed by atoms with Crippen molar-refractivity contribution in [3.8, 4) is 23.0 Å². The highest BCUT2D eigenvalue weighted by Crippen LogP contribution is 2.41. The van der Waals surface area contributed by atoms with Gasteiger partial charge in [0.1, 0.15) is 17.7 Å². The molecule has 7 heteroatoms. The fraction of sp³-hybridized carbons (Fsp3) is 0.346. The van der Waals surface area contributed by atoms with E-state index < -0.39 is 0 Å². The Morgan fingerprint density at radius 1 is 1.00 bits per heavy atom. The van der Waals surface area contributed by atoms with Gasteiger partial charge in [-0.2, -0.15) is 0 Å². The molecule has 0 aromatic heterocycles. The maximum absolute atomic E-state index is 13.7. The molecule has 2 aromatic rings. The topological polar surface area (TPSA) is 69.3 Å². The van der Waals surface area contributed by atoms with Gasteiger partial charge in [0, 0.05) is 18.5 Å². The van der Waals surface area contributed by atoms with Crippen LogP contribution in [0.25, 0.3) is 0 Å². The number of benzene rings is 2. The lowest BCUT2D eigenvalue weighted by Gasteiger charge is -2.27. The Balaban J connectivity index is 1.68. The number of fused-ring (bicyclic) bond motifs is 1. The van der Waals surface area contributed by atoms with E-state index in [4.69, 9.17) is 18.9 Å². The van der Waals surface area contributed by atoms with E-state index in [0.717, 1.165) is 11.1 Å². The zero-order chi connectivity index (χ0) is 23.4. The lowest BCUT2D eigenvalue weighted by molar-refractivity contribution is 0.0727. The number of likely N-dealkylation sites (tertiary alicyclic amines) is 1. The third-order valence-corrected chi connectivity index (χ3v) is 5.91. The Bertz CT molecular complexity index is 1080. The molecular weight excluding hydrogens is 420 g/mol. The van der Waals surface area contributed by atoms with Gasteiger partial charge in [-0.25, -0.2) is 0 Å². The minimum absolute atomic E-state index is 0.0226. The van der Waals surface area contributed by atoms with Crippen LogP contribution in [0.3, 0.4) is 0 Å². The molecule has 1 amide bonds. The van der Waals surface area contributed by atoms with Gasteiger partial charge in [-0.05, 0) is 61.5 Å². The van der Waals surface area contributed by atoms with Gasteiger partial charge in [-0.15, -0.1) is 0 Å². The number of carbonyl (C=O) groups excluding carboxylic acids is 1. The van der Waals surface area contributed by atoms with Crippen molar-refractivity contribution in [2.24, 2.45) is 0 Å². The molecule has 0 bridgehead atoms. The minimum atomic E-state index is -0.235. The van der Waals surface area contributed by atoms with Crippen LogP contribution in [0.5, 0.6) is 23.0 Å². The minimum Gasteiger partial charge on any atom is -0.494 e. The summed E-state index contributed by atoms with van der Waals surface area (Å²) in [5.74, 6) is 2.48. The van der Waals surface area contributed by atoms with Crippen LogP contribution in [0.1, 0.15) is 35.7 Å². The van der Waals surface area contributed by atoms with Crippen molar-refractivity contribution < 1.29 is 23.7 Å². The zero-order valence-corrected chi connectivity index (χ0v) is 19.5. The van der Waals surface area contributed by atoms with Crippen molar-refractivity contribution in [2.45, 2.75) is 25.9 Å². The van der Waals surface area contributed by atoms with E-state index in [0.29, 0.717) is 48.3 Å². The van der Waals surface area contributed by atoms with Crippen LogP contribution < -0.4 is 24.3 Å². The lowest BCUT2D eigenvalue weighted by Crippen LogP contribution is -2.44. The summed E-state index contributed by atoms with van der Waals surface area (Å²) in [6, 6.07) is 11.3. The molecule has 33 heavy (non-hydrogen) atoms. The van der Waals surface area contributed by atoms with E-state index in [9.17, 15) is 4.79 Å². The third-order valence-electron chi connectivity index (χ3n) is 5.91. The molecule has 7 nitrogen and oxygen atoms in total. The monoisotopic (exact) mass is 450 g/mol. The first-order chi connectivity index (χ1) is 16.1. The molecule has 0 saturated carbocycles. The third kappa shape index (κ3) is 4.35. The smallest absolute Gasteiger partial charge is 0.259 e. The van der Waals surface area contributed by atoms with Gasteiger partial charge in [0.25, 0.3) is 5.91 Å². The van der Waals surface area contributed by atoms with E-state index in [2.05, 4.69) is 11.4 Å². The van der Waals surface area contributed by atoms with Crippen molar-refractivity contribution in [3.05, 3.63) is 71.5 Å².